The highest BCUT2D eigenvalue weighted by molar-refractivity contribution is 9.24. The Hall–Kier alpha value is -0.0200. The van der Waals surface area contributed by atoms with Gasteiger partial charge >= 0.3 is 0 Å². The van der Waals surface area contributed by atoms with E-state index >= 15 is 0 Å². The lowest BCUT2D eigenvalue weighted by Crippen LogP contribution is -2.05. The minimum Gasteiger partial charge on any atom is -0.493 e. The predicted octanol–water partition coefficient (Wildman–Crippen LogP) is 4.51. The van der Waals surface area contributed by atoms with E-state index in [0.717, 1.165) is 17.9 Å². The Morgan fingerprint density at radius 3 is 2.43 bits per heavy atom. The topological polar surface area (TPSA) is 9.23 Å². The lowest BCUT2D eigenvalue weighted by atomic mass is 10.2. The van der Waals surface area contributed by atoms with Crippen molar-refractivity contribution in [2.45, 2.75) is 17.6 Å². The minimum absolute atomic E-state index is 0.151. The largest absolute Gasteiger partial charge is 0.493 e. The van der Waals surface area contributed by atoms with Crippen molar-refractivity contribution in [1.82, 2.24) is 0 Å². The molecule has 0 radical (unpaired) electrons. The molecule has 0 atom stereocenters. The number of benzene rings is 1. The van der Waals surface area contributed by atoms with E-state index in [1.807, 2.05) is 24.3 Å². The van der Waals surface area contributed by atoms with Gasteiger partial charge in [-0.1, -0.05) is 63.9 Å². The summed E-state index contributed by atoms with van der Waals surface area (Å²) < 4.78 is 5.85. The van der Waals surface area contributed by atoms with Crippen LogP contribution in [0.3, 0.4) is 0 Å². The highest BCUT2D eigenvalue weighted by atomic mass is 79.9. The van der Waals surface area contributed by atoms with Gasteiger partial charge in [0.1, 0.15) is 5.75 Å². The molecule has 0 amide bonds. The molecule has 78 valence electrons. The molecule has 1 aromatic rings. The van der Waals surface area contributed by atoms with Gasteiger partial charge in [-0.3, -0.25) is 0 Å². The smallest absolute Gasteiger partial charge is 0.124 e. The van der Waals surface area contributed by atoms with Gasteiger partial charge in [0.2, 0.25) is 0 Å². The van der Waals surface area contributed by atoms with Gasteiger partial charge < -0.3 is 4.74 Å². The summed E-state index contributed by atoms with van der Waals surface area (Å²) in [6, 6.07) is 8.03. The summed E-state index contributed by atoms with van der Waals surface area (Å²) in [5, 5.41) is 0. The molecule has 0 spiro atoms. The Morgan fingerprint density at radius 1 is 1.21 bits per heavy atom. The zero-order valence-corrected chi connectivity index (χ0v) is 11.5. The van der Waals surface area contributed by atoms with Crippen molar-refractivity contribution in [3.8, 4) is 5.75 Å². The molecule has 0 bridgehead atoms. The van der Waals surface area contributed by atoms with Crippen LogP contribution in [-0.2, 0) is 0 Å². The molecule has 0 aliphatic heterocycles. The molecule has 14 heavy (non-hydrogen) atoms. The van der Waals surface area contributed by atoms with Gasteiger partial charge in [-0.2, -0.15) is 0 Å². The van der Waals surface area contributed by atoms with E-state index in [0.29, 0.717) is 5.92 Å². The monoisotopic (exact) mass is 320 g/mol. The van der Waals surface area contributed by atoms with E-state index in [1.165, 1.54) is 0 Å². The Labute approximate surface area is 102 Å². The highest BCUT2D eigenvalue weighted by Crippen LogP contribution is 2.35. The van der Waals surface area contributed by atoms with Crippen LogP contribution in [0.4, 0.5) is 0 Å². The van der Waals surface area contributed by atoms with Gasteiger partial charge in [-0.05, 0) is 12.0 Å². The standard InChI is InChI=1S/C11H14Br2O/c1-8(2)7-14-10-6-4-3-5-9(10)11(12)13/h3-6,8,11H,7H2,1-2H3. The van der Waals surface area contributed by atoms with Crippen molar-refractivity contribution in [2.24, 2.45) is 5.92 Å². The molecule has 0 heterocycles. The van der Waals surface area contributed by atoms with Crippen LogP contribution >= 0.6 is 31.9 Å². The van der Waals surface area contributed by atoms with Gasteiger partial charge in [0, 0.05) is 5.56 Å². The van der Waals surface area contributed by atoms with Gasteiger partial charge in [0.15, 0.2) is 0 Å². The SMILES string of the molecule is CC(C)COc1ccccc1C(Br)Br. The normalized spacial score (nSPS) is 11.0. The van der Waals surface area contributed by atoms with Gasteiger partial charge in [0.25, 0.3) is 0 Å². The first-order chi connectivity index (χ1) is 6.61. The second-order valence-corrected chi connectivity index (χ2v) is 6.60. The Kier molecular flexibility index (Phi) is 4.96. The fraction of sp³-hybridized carbons (Fsp3) is 0.455. The Bertz CT molecular complexity index is 284. The Balaban J connectivity index is 2.74. The third-order valence-electron chi connectivity index (χ3n) is 1.73. The molecule has 0 unspecified atom stereocenters. The summed E-state index contributed by atoms with van der Waals surface area (Å²) in [7, 11) is 0. The summed E-state index contributed by atoms with van der Waals surface area (Å²) in [6.07, 6.45) is 0. The quantitative estimate of drug-likeness (QED) is 0.741. The lowest BCUT2D eigenvalue weighted by Gasteiger charge is -2.13. The number of halogens is 2. The summed E-state index contributed by atoms with van der Waals surface area (Å²) >= 11 is 6.95. The molecule has 0 saturated carbocycles. The van der Waals surface area contributed by atoms with E-state index in [-0.39, 0.29) is 3.74 Å². The maximum atomic E-state index is 5.70. The molecule has 0 aliphatic carbocycles. The number of para-hydroxylation sites is 1. The minimum atomic E-state index is 0.151. The molecular weight excluding hydrogens is 308 g/mol. The first-order valence-electron chi connectivity index (χ1n) is 4.61. The first kappa shape index (κ1) is 12.1. The molecule has 0 N–H and O–H groups in total. The van der Waals surface area contributed by atoms with Crippen molar-refractivity contribution in [1.29, 1.82) is 0 Å². The van der Waals surface area contributed by atoms with Crippen LogP contribution in [0.15, 0.2) is 24.3 Å². The van der Waals surface area contributed by atoms with Crippen molar-refractivity contribution < 1.29 is 4.74 Å². The molecule has 1 aromatic carbocycles. The molecule has 0 fully saturated rings. The third-order valence-corrected chi connectivity index (χ3v) is 2.71. The molecule has 0 aliphatic rings. The van der Waals surface area contributed by atoms with Crippen molar-refractivity contribution in [2.75, 3.05) is 6.61 Å². The van der Waals surface area contributed by atoms with E-state index in [2.05, 4.69) is 45.7 Å². The van der Waals surface area contributed by atoms with Crippen LogP contribution in [-0.4, -0.2) is 6.61 Å². The zero-order valence-electron chi connectivity index (χ0n) is 8.34. The number of hydrogen-bond acceptors (Lipinski definition) is 1. The van der Waals surface area contributed by atoms with Crippen molar-refractivity contribution in [3.05, 3.63) is 29.8 Å². The maximum Gasteiger partial charge on any atom is 0.124 e. The van der Waals surface area contributed by atoms with E-state index in [1.54, 1.807) is 0 Å². The second-order valence-electron chi connectivity index (χ2n) is 3.54. The van der Waals surface area contributed by atoms with Gasteiger partial charge in [0.05, 0.1) is 10.3 Å². The molecule has 1 rings (SSSR count). The number of ether oxygens (including phenoxy) is 1. The summed E-state index contributed by atoms with van der Waals surface area (Å²) in [5.74, 6) is 1.49. The van der Waals surface area contributed by atoms with E-state index in [4.69, 9.17) is 4.74 Å². The Morgan fingerprint density at radius 2 is 1.86 bits per heavy atom. The zero-order chi connectivity index (χ0) is 10.6. The van der Waals surface area contributed by atoms with Crippen LogP contribution in [0.5, 0.6) is 5.75 Å². The van der Waals surface area contributed by atoms with Crippen molar-refractivity contribution >= 4 is 31.9 Å². The second kappa shape index (κ2) is 5.76. The lowest BCUT2D eigenvalue weighted by molar-refractivity contribution is 0.269. The van der Waals surface area contributed by atoms with Crippen LogP contribution in [0, 0.1) is 5.92 Å². The molecular formula is C11H14Br2O. The van der Waals surface area contributed by atoms with Gasteiger partial charge in [-0.25, -0.2) is 0 Å². The van der Waals surface area contributed by atoms with Crippen LogP contribution in [0.25, 0.3) is 0 Å². The van der Waals surface area contributed by atoms with Crippen LogP contribution < -0.4 is 4.74 Å². The number of rotatable bonds is 4. The highest BCUT2D eigenvalue weighted by Gasteiger charge is 2.09. The van der Waals surface area contributed by atoms with E-state index in [9.17, 15) is 0 Å². The summed E-state index contributed by atoms with van der Waals surface area (Å²) in [5.41, 5.74) is 1.13. The van der Waals surface area contributed by atoms with Crippen molar-refractivity contribution in [3.63, 3.8) is 0 Å². The first-order valence-corrected chi connectivity index (χ1v) is 6.44. The maximum absolute atomic E-state index is 5.70. The summed E-state index contributed by atoms with van der Waals surface area (Å²) in [4.78, 5) is 0. The molecule has 0 aromatic heterocycles. The molecule has 0 saturated heterocycles. The molecule has 1 nitrogen and oxygen atoms in total. The molecule has 3 heteroatoms. The van der Waals surface area contributed by atoms with Crippen LogP contribution in [0.2, 0.25) is 0 Å². The summed E-state index contributed by atoms with van der Waals surface area (Å²) in [6.45, 7) is 5.04. The predicted molar refractivity (Wildman–Crippen MR) is 67.4 cm³/mol. The average molecular weight is 322 g/mol. The third kappa shape index (κ3) is 3.62. The van der Waals surface area contributed by atoms with E-state index < -0.39 is 0 Å². The number of alkyl halides is 2. The number of hydrogen-bond donors (Lipinski definition) is 0. The van der Waals surface area contributed by atoms with Crippen LogP contribution in [0.1, 0.15) is 23.1 Å². The van der Waals surface area contributed by atoms with Gasteiger partial charge in [-0.15, -0.1) is 0 Å². The fourth-order valence-corrected chi connectivity index (χ4v) is 1.81. The average Bonchev–Trinajstić information content (AvgIpc) is 2.15. The fourth-order valence-electron chi connectivity index (χ4n) is 1.05.